The van der Waals surface area contributed by atoms with Crippen LogP contribution < -0.4 is 16.4 Å². The molecule has 1 aromatic carbocycles. The van der Waals surface area contributed by atoms with E-state index in [0.717, 1.165) is 6.54 Å². The molecule has 0 radical (unpaired) electrons. The molecule has 2 rings (SSSR count). The van der Waals surface area contributed by atoms with Gasteiger partial charge in [-0.3, -0.25) is 15.0 Å². The molecule has 0 aliphatic carbocycles. The molecular formula is C17H26N4O2. The third-order valence-corrected chi connectivity index (χ3v) is 3.78. The molecule has 2 atom stereocenters. The second-order valence-electron chi connectivity index (χ2n) is 7.13. The number of nitrogens with zero attached hydrogens (tertiary/aromatic N) is 1. The summed E-state index contributed by atoms with van der Waals surface area (Å²) in [4.78, 5) is 25.7. The van der Waals surface area contributed by atoms with Gasteiger partial charge in [-0.1, -0.05) is 30.3 Å². The number of hydrogen-bond donors (Lipinski definition) is 3. The number of nitrogens with one attached hydrogen (secondary N) is 2. The van der Waals surface area contributed by atoms with Gasteiger partial charge >= 0.3 is 6.03 Å². The van der Waals surface area contributed by atoms with Crippen LogP contribution in [0, 0.1) is 0 Å². The average Bonchev–Trinajstić information content (AvgIpc) is 2.77. The van der Waals surface area contributed by atoms with E-state index in [9.17, 15) is 9.59 Å². The van der Waals surface area contributed by atoms with Crippen molar-refractivity contribution in [3.63, 3.8) is 0 Å². The van der Waals surface area contributed by atoms with Crippen LogP contribution in [0.15, 0.2) is 30.3 Å². The Hall–Kier alpha value is -1.92. The fourth-order valence-corrected chi connectivity index (χ4v) is 2.84. The maximum Gasteiger partial charge on any atom is 0.321 e. The maximum absolute atomic E-state index is 12.0. The summed E-state index contributed by atoms with van der Waals surface area (Å²) in [5.74, 6) is -0.0972. The first-order valence-electron chi connectivity index (χ1n) is 7.89. The zero-order chi connectivity index (χ0) is 17.0. The fourth-order valence-electron chi connectivity index (χ4n) is 2.84. The van der Waals surface area contributed by atoms with E-state index in [1.165, 1.54) is 5.56 Å². The van der Waals surface area contributed by atoms with Gasteiger partial charge in [0.05, 0.1) is 6.54 Å². The number of carbonyl (C=O) groups is 2. The molecular weight excluding hydrogens is 292 g/mol. The fraction of sp³-hybridized carbons (Fsp3) is 0.529. The molecule has 1 heterocycles. The maximum atomic E-state index is 12.0. The van der Waals surface area contributed by atoms with Crippen molar-refractivity contribution in [1.82, 2.24) is 15.5 Å². The van der Waals surface area contributed by atoms with Crippen molar-refractivity contribution in [3.05, 3.63) is 35.9 Å². The highest BCUT2D eigenvalue weighted by Crippen LogP contribution is 2.25. The molecule has 0 saturated carbocycles. The summed E-state index contributed by atoms with van der Waals surface area (Å²) >= 11 is 0. The molecule has 6 nitrogen and oxygen atoms in total. The van der Waals surface area contributed by atoms with Crippen LogP contribution in [0.1, 0.15) is 32.3 Å². The summed E-state index contributed by atoms with van der Waals surface area (Å²) in [5, 5.41) is 5.07. The molecule has 1 fully saturated rings. The van der Waals surface area contributed by atoms with Gasteiger partial charge in [0.1, 0.15) is 0 Å². The van der Waals surface area contributed by atoms with Gasteiger partial charge < -0.3 is 11.1 Å². The molecule has 6 heteroatoms. The summed E-state index contributed by atoms with van der Waals surface area (Å²) in [6.45, 7) is 7.13. The Labute approximate surface area is 137 Å². The Morgan fingerprint density at radius 2 is 1.87 bits per heavy atom. The van der Waals surface area contributed by atoms with Crippen molar-refractivity contribution in [3.8, 4) is 0 Å². The lowest BCUT2D eigenvalue weighted by Crippen LogP contribution is -2.50. The highest BCUT2D eigenvalue weighted by Gasteiger charge is 2.32. The lowest BCUT2D eigenvalue weighted by molar-refractivity contribution is -0.120. The van der Waals surface area contributed by atoms with Gasteiger partial charge in [0.2, 0.25) is 5.91 Å². The van der Waals surface area contributed by atoms with Crippen LogP contribution in [0.4, 0.5) is 4.79 Å². The molecule has 0 unspecified atom stereocenters. The Morgan fingerprint density at radius 1 is 1.22 bits per heavy atom. The van der Waals surface area contributed by atoms with E-state index in [4.69, 9.17) is 5.73 Å². The Kier molecular flexibility index (Phi) is 5.38. The number of imide groups is 1. The molecule has 3 amide bonds. The Bertz CT molecular complexity index is 553. The number of urea groups is 1. The first-order valence-corrected chi connectivity index (χ1v) is 7.89. The Morgan fingerprint density at radius 3 is 2.48 bits per heavy atom. The monoisotopic (exact) mass is 318 g/mol. The van der Waals surface area contributed by atoms with Gasteiger partial charge in [0.25, 0.3) is 0 Å². The lowest BCUT2D eigenvalue weighted by atomic mass is 9.95. The molecule has 1 saturated heterocycles. The number of likely N-dealkylation sites (tertiary alicyclic amines) is 1. The molecule has 23 heavy (non-hydrogen) atoms. The zero-order valence-electron chi connectivity index (χ0n) is 14.0. The normalized spacial score (nSPS) is 21.9. The molecule has 0 bridgehead atoms. The summed E-state index contributed by atoms with van der Waals surface area (Å²) in [5.41, 5.74) is 7.02. The molecule has 4 N–H and O–H groups in total. The van der Waals surface area contributed by atoms with Crippen LogP contribution in [-0.2, 0) is 4.79 Å². The lowest BCUT2D eigenvalue weighted by Gasteiger charge is -2.21. The van der Waals surface area contributed by atoms with Crippen LogP contribution in [0.2, 0.25) is 0 Å². The van der Waals surface area contributed by atoms with E-state index >= 15 is 0 Å². The second-order valence-corrected chi connectivity index (χ2v) is 7.13. The highest BCUT2D eigenvalue weighted by atomic mass is 16.2. The first-order chi connectivity index (χ1) is 10.7. The molecule has 1 aromatic rings. The van der Waals surface area contributed by atoms with Crippen LogP contribution >= 0.6 is 0 Å². The summed E-state index contributed by atoms with van der Waals surface area (Å²) < 4.78 is 0. The standard InChI is InChI=1S/C17H26N4O2/c1-17(2,3)20-16(23)19-15(22)11-21-9-13(14(18)10-21)12-7-5-4-6-8-12/h4-8,13-14H,9-11,18H2,1-3H3,(H2,19,20,22,23)/t13-,14+/m0/s1. The smallest absolute Gasteiger partial charge is 0.321 e. The molecule has 1 aliphatic heterocycles. The quantitative estimate of drug-likeness (QED) is 0.777. The van der Waals surface area contributed by atoms with Gasteiger partial charge in [-0.2, -0.15) is 0 Å². The van der Waals surface area contributed by atoms with E-state index < -0.39 is 6.03 Å². The number of nitrogens with two attached hydrogens (primary N) is 1. The van der Waals surface area contributed by atoms with Crippen molar-refractivity contribution in [1.29, 1.82) is 0 Å². The average molecular weight is 318 g/mol. The minimum absolute atomic E-state index is 0.00592. The molecule has 0 aromatic heterocycles. The van der Waals surface area contributed by atoms with Crippen LogP contribution in [0.5, 0.6) is 0 Å². The minimum atomic E-state index is -0.467. The topological polar surface area (TPSA) is 87.5 Å². The zero-order valence-corrected chi connectivity index (χ0v) is 14.0. The van der Waals surface area contributed by atoms with Gasteiger partial charge in [0.15, 0.2) is 0 Å². The SMILES string of the molecule is CC(C)(C)NC(=O)NC(=O)CN1C[C@@H](N)[C@H](c2ccccc2)C1. The predicted octanol–water partition coefficient (Wildman–Crippen LogP) is 1.04. The van der Waals surface area contributed by atoms with Crippen LogP contribution in [0.25, 0.3) is 0 Å². The Balaban J connectivity index is 1.85. The van der Waals surface area contributed by atoms with Gasteiger partial charge in [-0.25, -0.2) is 4.79 Å². The third-order valence-electron chi connectivity index (χ3n) is 3.78. The summed E-state index contributed by atoms with van der Waals surface area (Å²) in [6.07, 6.45) is 0. The third kappa shape index (κ3) is 5.33. The summed E-state index contributed by atoms with van der Waals surface area (Å²) in [6, 6.07) is 9.61. The van der Waals surface area contributed by atoms with Crippen molar-refractivity contribution in [2.45, 2.75) is 38.3 Å². The van der Waals surface area contributed by atoms with Gasteiger partial charge in [0, 0.05) is 30.6 Å². The van der Waals surface area contributed by atoms with E-state index in [2.05, 4.69) is 22.8 Å². The number of benzene rings is 1. The van der Waals surface area contributed by atoms with E-state index in [1.807, 2.05) is 43.9 Å². The largest absolute Gasteiger partial charge is 0.333 e. The second kappa shape index (κ2) is 7.10. The number of rotatable bonds is 3. The number of hydrogen-bond acceptors (Lipinski definition) is 4. The first kappa shape index (κ1) is 17.4. The van der Waals surface area contributed by atoms with E-state index in [0.29, 0.717) is 6.54 Å². The van der Waals surface area contributed by atoms with Crippen molar-refractivity contribution in [2.24, 2.45) is 5.73 Å². The predicted molar refractivity (Wildman–Crippen MR) is 90.0 cm³/mol. The summed E-state index contributed by atoms with van der Waals surface area (Å²) in [7, 11) is 0. The van der Waals surface area contributed by atoms with E-state index in [-0.39, 0.29) is 30.0 Å². The van der Waals surface area contributed by atoms with Gasteiger partial charge in [-0.05, 0) is 26.3 Å². The van der Waals surface area contributed by atoms with Crippen molar-refractivity contribution >= 4 is 11.9 Å². The molecule has 126 valence electrons. The number of carbonyl (C=O) groups excluding carboxylic acids is 2. The van der Waals surface area contributed by atoms with E-state index in [1.54, 1.807) is 0 Å². The van der Waals surface area contributed by atoms with Gasteiger partial charge in [-0.15, -0.1) is 0 Å². The van der Waals surface area contributed by atoms with Crippen molar-refractivity contribution in [2.75, 3.05) is 19.6 Å². The highest BCUT2D eigenvalue weighted by molar-refractivity contribution is 5.95. The minimum Gasteiger partial charge on any atom is -0.333 e. The van der Waals surface area contributed by atoms with Crippen LogP contribution in [0.3, 0.4) is 0 Å². The van der Waals surface area contributed by atoms with Crippen molar-refractivity contribution < 1.29 is 9.59 Å². The number of amides is 3. The molecule has 1 aliphatic rings. The molecule has 0 spiro atoms. The van der Waals surface area contributed by atoms with Crippen LogP contribution in [-0.4, -0.2) is 48.1 Å².